The first-order valence-corrected chi connectivity index (χ1v) is 10.0. The van der Waals surface area contributed by atoms with Gasteiger partial charge in [-0.15, -0.1) is 0 Å². The van der Waals surface area contributed by atoms with Gasteiger partial charge in [0.2, 0.25) is 0 Å². The summed E-state index contributed by atoms with van der Waals surface area (Å²) in [4.78, 5) is 4.27. The second kappa shape index (κ2) is 10.4. The van der Waals surface area contributed by atoms with Gasteiger partial charge in [-0.2, -0.15) is 20.5 Å². The number of hydrogen-bond donors (Lipinski definition) is 2. The molecule has 2 unspecified atom stereocenters. The van der Waals surface area contributed by atoms with E-state index in [4.69, 9.17) is 4.74 Å². The predicted molar refractivity (Wildman–Crippen MR) is 103 cm³/mol. The molecular weight excluding hydrogens is 360 g/mol. The number of thioether (sulfide) groups is 1. The first kappa shape index (κ1) is 20.6. The van der Waals surface area contributed by atoms with Gasteiger partial charge < -0.3 is 20.1 Å². The molecule has 0 spiro atoms. The molecule has 0 bridgehead atoms. The highest BCUT2D eigenvalue weighted by atomic mass is 32.2. The lowest BCUT2D eigenvalue weighted by atomic mass is 10.2. The van der Waals surface area contributed by atoms with Gasteiger partial charge in [0, 0.05) is 24.9 Å². The molecule has 1 saturated carbocycles. The Hall–Kier alpha value is -1.70. The zero-order valence-electron chi connectivity index (χ0n) is 15.4. The molecule has 1 aromatic carbocycles. The zero-order chi connectivity index (χ0) is 18.9. The van der Waals surface area contributed by atoms with E-state index in [0.29, 0.717) is 30.2 Å². The summed E-state index contributed by atoms with van der Waals surface area (Å²) in [5.41, 5.74) is 0.895. The van der Waals surface area contributed by atoms with Crippen molar-refractivity contribution in [2.75, 3.05) is 19.9 Å². The van der Waals surface area contributed by atoms with Crippen LogP contribution in [0.5, 0.6) is 11.5 Å². The van der Waals surface area contributed by atoms with Gasteiger partial charge >= 0.3 is 6.61 Å². The number of hydrogen-bond acceptors (Lipinski definition) is 4. The van der Waals surface area contributed by atoms with Crippen LogP contribution in [-0.2, 0) is 6.54 Å². The molecule has 0 aliphatic heterocycles. The minimum Gasteiger partial charge on any atom is -0.490 e. The number of rotatable bonds is 8. The Bertz CT molecular complexity index is 602. The molecule has 0 heterocycles. The van der Waals surface area contributed by atoms with E-state index in [1.54, 1.807) is 26.1 Å². The maximum atomic E-state index is 12.5. The molecule has 8 heteroatoms. The number of benzene rings is 1. The molecule has 0 amide bonds. The van der Waals surface area contributed by atoms with Crippen molar-refractivity contribution < 1.29 is 18.3 Å². The van der Waals surface area contributed by atoms with Gasteiger partial charge in [0.1, 0.15) is 0 Å². The Kier molecular flexibility index (Phi) is 8.28. The fourth-order valence-corrected chi connectivity index (χ4v) is 3.78. The van der Waals surface area contributed by atoms with E-state index in [9.17, 15) is 8.78 Å². The lowest BCUT2D eigenvalue weighted by Crippen LogP contribution is -2.42. The lowest BCUT2D eigenvalue weighted by Gasteiger charge is -2.18. The molecule has 2 N–H and O–H groups in total. The first-order chi connectivity index (χ1) is 12.5. The van der Waals surface area contributed by atoms with Gasteiger partial charge in [-0.05, 0) is 50.1 Å². The summed E-state index contributed by atoms with van der Waals surface area (Å²) in [6, 6.07) is 5.38. The Morgan fingerprint density at radius 3 is 2.77 bits per heavy atom. The van der Waals surface area contributed by atoms with E-state index in [1.165, 1.54) is 12.5 Å². The monoisotopic (exact) mass is 387 g/mol. The van der Waals surface area contributed by atoms with Gasteiger partial charge in [0.15, 0.2) is 17.5 Å². The largest absolute Gasteiger partial charge is 0.490 e. The first-order valence-electron chi connectivity index (χ1n) is 8.76. The van der Waals surface area contributed by atoms with Crippen LogP contribution in [0.15, 0.2) is 23.2 Å². The molecule has 1 aromatic rings. The smallest absolute Gasteiger partial charge is 0.387 e. The maximum absolute atomic E-state index is 12.5. The molecule has 146 valence electrons. The van der Waals surface area contributed by atoms with Gasteiger partial charge in [-0.1, -0.05) is 6.07 Å². The van der Waals surface area contributed by atoms with Gasteiger partial charge in [-0.3, -0.25) is 4.99 Å². The van der Waals surface area contributed by atoms with Crippen LogP contribution < -0.4 is 20.1 Å². The molecule has 0 radical (unpaired) electrons. The molecule has 2 atom stereocenters. The van der Waals surface area contributed by atoms with E-state index in [2.05, 4.69) is 26.6 Å². The van der Waals surface area contributed by atoms with Gasteiger partial charge in [0.25, 0.3) is 0 Å². The van der Waals surface area contributed by atoms with Crippen molar-refractivity contribution in [3.05, 3.63) is 23.8 Å². The van der Waals surface area contributed by atoms with E-state index in [0.717, 1.165) is 24.4 Å². The summed E-state index contributed by atoms with van der Waals surface area (Å²) in [6.45, 7) is -0.199. The highest BCUT2D eigenvalue weighted by Crippen LogP contribution is 2.30. The fourth-order valence-electron chi connectivity index (χ4n) is 2.98. The summed E-state index contributed by atoms with van der Waals surface area (Å²) in [6.07, 6.45) is 5.65. The number of alkyl halides is 2. The van der Waals surface area contributed by atoms with Crippen LogP contribution in [0.3, 0.4) is 0 Å². The van der Waals surface area contributed by atoms with E-state index < -0.39 is 6.61 Å². The Labute approximate surface area is 157 Å². The van der Waals surface area contributed by atoms with Crippen molar-refractivity contribution in [3.63, 3.8) is 0 Å². The number of nitrogens with zero attached hydrogens (tertiary/aromatic N) is 1. The number of guanidine groups is 1. The minimum absolute atomic E-state index is 0.0437. The number of halogens is 2. The maximum Gasteiger partial charge on any atom is 0.387 e. The third kappa shape index (κ3) is 6.23. The third-order valence-electron chi connectivity index (χ3n) is 4.27. The molecule has 1 aliphatic carbocycles. The van der Waals surface area contributed by atoms with Crippen LogP contribution in [0.25, 0.3) is 0 Å². The Morgan fingerprint density at radius 1 is 1.35 bits per heavy atom. The molecule has 2 rings (SSSR count). The van der Waals surface area contributed by atoms with Crippen LogP contribution in [0.1, 0.15) is 31.7 Å². The summed E-state index contributed by atoms with van der Waals surface area (Å²) in [7, 11) is 1.74. The van der Waals surface area contributed by atoms with Crippen molar-refractivity contribution >= 4 is 17.7 Å². The highest BCUT2D eigenvalue weighted by Gasteiger charge is 2.24. The Balaban J connectivity index is 1.93. The van der Waals surface area contributed by atoms with Crippen LogP contribution >= 0.6 is 11.8 Å². The predicted octanol–water partition coefficient (Wildman–Crippen LogP) is 3.64. The van der Waals surface area contributed by atoms with E-state index >= 15 is 0 Å². The Morgan fingerprint density at radius 2 is 2.15 bits per heavy atom. The second-order valence-electron chi connectivity index (χ2n) is 6.03. The number of nitrogens with one attached hydrogen (secondary N) is 2. The minimum atomic E-state index is -2.88. The van der Waals surface area contributed by atoms with E-state index in [-0.39, 0.29) is 5.75 Å². The normalized spacial score (nSPS) is 20.3. The molecule has 26 heavy (non-hydrogen) atoms. The molecule has 0 saturated heterocycles. The topological polar surface area (TPSA) is 54.9 Å². The van der Waals surface area contributed by atoms with Crippen LogP contribution in [0.2, 0.25) is 0 Å². The van der Waals surface area contributed by atoms with E-state index in [1.807, 2.05) is 11.8 Å². The zero-order valence-corrected chi connectivity index (χ0v) is 16.2. The summed E-state index contributed by atoms with van der Waals surface area (Å²) in [5.74, 6) is 1.10. The standard InChI is InChI=1S/C18H27F2N3O2S/c1-4-24-16-9-12(5-8-15(16)25-17(19)20)11-22-18(21-2)23-13-6-7-14(10-13)26-3/h5,8-9,13-14,17H,4,6-7,10-11H2,1-3H3,(H2,21,22,23). The average molecular weight is 387 g/mol. The summed E-state index contributed by atoms with van der Waals surface area (Å²) < 4.78 is 34.8. The van der Waals surface area contributed by atoms with Crippen LogP contribution in [0.4, 0.5) is 8.78 Å². The van der Waals surface area contributed by atoms with Gasteiger partial charge in [0.05, 0.1) is 6.61 Å². The van der Waals surface area contributed by atoms with Crippen LogP contribution in [0, 0.1) is 0 Å². The van der Waals surface area contributed by atoms with Crippen molar-refractivity contribution in [1.29, 1.82) is 0 Å². The second-order valence-corrected chi connectivity index (χ2v) is 7.17. The van der Waals surface area contributed by atoms with Crippen molar-refractivity contribution in [2.24, 2.45) is 4.99 Å². The quantitative estimate of drug-likeness (QED) is 0.527. The van der Waals surface area contributed by atoms with Crippen molar-refractivity contribution in [2.45, 2.75) is 50.6 Å². The summed E-state index contributed by atoms with van der Waals surface area (Å²) >= 11 is 1.91. The average Bonchev–Trinajstić information content (AvgIpc) is 3.08. The molecule has 1 aliphatic rings. The molecular formula is C18H27F2N3O2S. The number of aliphatic imine (C=N–C) groups is 1. The number of ether oxygens (including phenoxy) is 2. The molecule has 0 aromatic heterocycles. The van der Waals surface area contributed by atoms with Crippen LogP contribution in [-0.4, -0.2) is 43.8 Å². The highest BCUT2D eigenvalue weighted by molar-refractivity contribution is 7.99. The SMILES string of the molecule is CCOc1cc(CNC(=NC)NC2CCC(SC)C2)ccc1OC(F)F. The summed E-state index contributed by atoms with van der Waals surface area (Å²) in [5, 5.41) is 7.42. The van der Waals surface area contributed by atoms with Gasteiger partial charge in [-0.25, -0.2) is 0 Å². The molecule has 5 nitrogen and oxygen atoms in total. The fraction of sp³-hybridized carbons (Fsp3) is 0.611. The third-order valence-corrected chi connectivity index (χ3v) is 5.36. The van der Waals surface area contributed by atoms with Crippen molar-refractivity contribution in [3.8, 4) is 11.5 Å². The lowest BCUT2D eigenvalue weighted by molar-refractivity contribution is -0.0514. The molecule has 1 fully saturated rings. The van der Waals surface area contributed by atoms with Crippen molar-refractivity contribution in [1.82, 2.24) is 10.6 Å².